The van der Waals surface area contributed by atoms with Crippen LogP contribution in [0.1, 0.15) is 277 Å². The Labute approximate surface area is 451 Å². The first-order valence-corrected chi connectivity index (χ1v) is 32.0. The van der Waals surface area contributed by atoms with E-state index in [1.165, 1.54) is 167 Å². The van der Waals surface area contributed by atoms with Gasteiger partial charge in [0.1, 0.15) is 19.8 Å². The van der Waals surface area contributed by atoms with Crippen molar-refractivity contribution >= 4 is 19.8 Å². The molecule has 0 aromatic rings. The van der Waals surface area contributed by atoms with E-state index in [1.807, 2.05) is 21.1 Å². The molecule has 426 valence electrons. The van der Waals surface area contributed by atoms with Gasteiger partial charge in [-0.2, -0.15) is 0 Å². The van der Waals surface area contributed by atoms with Gasteiger partial charge in [-0.1, -0.05) is 248 Å². The van der Waals surface area contributed by atoms with Crippen LogP contribution in [0.3, 0.4) is 0 Å². The molecule has 0 radical (unpaired) electrons. The third kappa shape index (κ3) is 58.8. The maximum absolute atomic E-state index is 12.8. The van der Waals surface area contributed by atoms with Crippen molar-refractivity contribution in [3.63, 3.8) is 0 Å². The molecule has 0 amide bonds. The number of phosphoric acid groups is 1. The molecule has 0 aromatic heterocycles. The second-order valence-electron chi connectivity index (χ2n) is 21.7. The first kappa shape index (κ1) is 70.7. The van der Waals surface area contributed by atoms with E-state index in [1.54, 1.807) is 0 Å². The fraction of sp³-hybridized carbons (Fsp3) is 0.810. The highest BCUT2D eigenvalue weighted by Crippen LogP contribution is 2.43. The Kier molecular flexibility index (Phi) is 52.8. The summed E-state index contributed by atoms with van der Waals surface area (Å²) in [5, 5.41) is 0. The normalized spacial score (nSPS) is 13.7. The monoisotopic (exact) mass is 1050 g/mol. The zero-order valence-electron chi connectivity index (χ0n) is 48.4. The van der Waals surface area contributed by atoms with Crippen LogP contribution in [-0.2, 0) is 32.7 Å². The predicted molar refractivity (Wildman–Crippen MR) is 312 cm³/mol. The molecule has 0 saturated carbocycles. The topological polar surface area (TPSA) is 108 Å². The first-order chi connectivity index (χ1) is 35.5. The van der Waals surface area contributed by atoms with Crippen LogP contribution in [0.2, 0.25) is 0 Å². The number of hydrogen-bond donors (Lipinski definition) is 1. The minimum Gasteiger partial charge on any atom is -0.462 e. The largest absolute Gasteiger partial charge is 0.472 e. The van der Waals surface area contributed by atoms with Crippen molar-refractivity contribution in [3.8, 4) is 0 Å². The Morgan fingerprint density at radius 3 is 1.18 bits per heavy atom. The van der Waals surface area contributed by atoms with E-state index < -0.39 is 26.5 Å². The molecule has 0 heterocycles. The molecule has 0 bridgehead atoms. The van der Waals surface area contributed by atoms with Crippen LogP contribution in [0.4, 0.5) is 0 Å². The van der Waals surface area contributed by atoms with Gasteiger partial charge in [-0.3, -0.25) is 18.6 Å². The number of rotatable bonds is 56. The van der Waals surface area contributed by atoms with E-state index in [0.717, 1.165) is 77.0 Å². The van der Waals surface area contributed by atoms with Crippen LogP contribution >= 0.6 is 7.82 Å². The number of unbranched alkanes of at least 4 members (excludes halogenated alkanes) is 32. The zero-order chi connectivity index (χ0) is 53.5. The van der Waals surface area contributed by atoms with Gasteiger partial charge in [0.15, 0.2) is 6.10 Å². The zero-order valence-corrected chi connectivity index (χ0v) is 49.3. The van der Waals surface area contributed by atoms with Gasteiger partial charge < -0.3 is 18.9 Å². The first-order valence-electron chi connectivity index (χ1n) is 30.5. The highest BCUT2D eigenvalue weighted by atomic mass is 31.2. The van der Waals surface area contributed by atoms with Crippen molar-refractivity contribution in [2.24, 2.45) is 0 Å². The molecule has 0 spiro atoms. The Morgan fingerprint density at radius 1 is 0.438 bits per heavy atom. The molecule has 0 aromatic carbocycles. The number of nitrogens with zero attached hydrogens (tertiary/aromatic N) is 1. The Balaban J connectivity index is 3.97. The van der Waals surface area contributed by atoms with Crippen molar-refractivity contribution in [3.05, 3.63) is 60.8 Å². The lowest BCUT2D eigenvalue weighted by Gasteiger charge is -2.24. The lowest BCUT2D eigenvalue weighted by atomic mass is 10.0. The summed E-state index contributed by atoms with van der Waals surface area (Å²) >= 11 is 0. The van der Waals surface area contributed by atoms with Gasteiger partial charge in [0, 0.05) is 12.8 Å². The van der Waals surface area contributed by atoms with E-state index >= 15 is 0 Å². The number of carbonyl (C=O) groups excluding carboxylic acids is 2. The summed E-state index contributed by atoms with van der Waals surface area (Å²) in [5.41, 5.74) is 0. The number of likely N-dealkylation sites (N-methyl/N-ethyl adjacent to an activating group) is 1. The number of phosphoric ester groups is 1. The quantitative estimate of drug-likeness (QED) is 0.0211. The lowest BCUT2D eigenvalue weighted by molar-refractivity contribution is -0.870. The molecule has 0 aliphatic heterocycles. The number of quaternary nitrogens is 1. The van der Waals surface area contributed by atoms with Crippen LogP contribution in [0.5, 0.6) is 0 Å². The Morgan fingerprint density at radius 2 is 0.781 bits per heavy atom. The van der Waals surface area contributed by atoms with Gasteiger partial charge >= 0.3 is 19.8 Å². The summed E-state index contributed by atoms with van der Waals surface area (Å²) in [5.74, 6) is -0.797. The van der Waals surface area contributed by atoms with Crippen LogP contribution in [-0.4, -0.2) is 74.9 Å². The standard InChI is InChI=1S/C63H116NO8P/c1-6-8-10-12-14-16-18-20-22-23-24-25-26-27-28-29-30-31-32-33-34-35-36-37-38-39-40-41-42-44-46-48-50-52-54-56-63(66)72-61(60-71-73(67,68)70-58-57-64(3,4)5)59-69-62(65)55-53-51-49-47-45-43-21-19-17-15-13-11-9-7-2/h8,10,14,16,19-22,24-25,61H,6-7,9,11-13,15,17-18,23,26-60H2,1-5H3/p+1/b10-8-,16-14-,21-19-,22-20-,25-24-. The van der Waals surface area contributed by atoms with E-state index in [9.17, 15) is 19.0 Å². The van der Waals surface area contributed by atoms with Gasteiger partial charge in [-0.25, -0.2) is 4.57 Å². The van der Waals surface area contributed by atoms with Crippen molar-refractivity contribution in [2.75, 3.05) is 47.5 Å². The molecular formula is C63H117NO8P+. The number of hydrogen-bond acceptors (Lipinski definition) is 7. The van der Waals surface area contributed by atoms with E-state index in [2.05, 4.69) is 74.6 Å². The Hall–Kier alpha value is -2.29. The average Bonchev–Trinajstić information content (AvgIpc) is 3.35. The van der Waals surface area contributed by atoms with Gasteiger partial charge in [0.25, 0.3) is 0 Å². The second-order valence-corrected chi connectivity index (χ2v) is 23.2. The molecular weight excluding hydrogens is 930 g/mol. The fourth-order valence-corrected chi connectivity index (χ4v) is 9.33. The van der Waals surface area contributed by atoms with Crippen molar-refractivity contribution in [2.45, 2.75) is 283 Å². The predicted octanol–water partition coefficient (Wildman–Crippen LogP) is 19.1. The molecule has 0 rings (SSSR count). The average molecular weight is 1050 g/mol. The molecule has 0 aliphatic rings. The van der Waals surface area contributed by atoms with Crippen molar-refractivity contribution in [1.82, 2.24) is 0 Å². The molecule has 73 heavy (non-hydrogen) atoms. The van der Waals surface area contributed by atoms with E-state index in [-0.39, 0.29) is 32.0 Å². The highest BCUT2D eigenvalue weighted by Gasteiger charge is 2.27. The molecule has 0 aliphatic carbocycles. The van der Waals surface area contributed by atoms with Crippen LogP contribution < -0.4 is 0 Å². The number of allylic oxidation sites excluding steroid dienone is 10. The van der Waals surface area contributed by atoms with E-state index in [4.69, 9.17) is 18.5 Å². The molecule has 2 unspecified atom stereocenters. The van der Waals surface area contributed by atoms with Gasteiger partial charge in [-0.05, 0) is 77.0 Å². The number of carbonyl (C=O) groups is 2. The van der Waals surface area contributed by atoms with Gasteiger partial charge in [0.05, 0.1) is 27.7 Å². The molecule has 0 fully saturated rings. The fourth-order valence-electron chi connectivity index (χ4n) is 8.59. The summed E-state index contributed by atoms with van der Waals surface area (Å²) in [6.07, 6.45) is 70.3. The molecule has 1 N–H and O–H groups in total. The second kappa shape index (κ2) is 54.5. The summed E-state index contributed by atoms with van der Waals surface area (Å²) in [6.45, 7) is 4.33. The highest BCUT2D eigenvalue weighted by molar-refractivity contribution is 7.47. The molecule has 0 saturated heterocycles. The third-order valence-corrected chi connectivity index (χ3v) is 14.3. The summed E-state index contributed by atoms with van der Waals surface area (Å²) < 4.78 is 34.5. The minimum atomic E-state index is -4.38. The number of ether oxygens (including phenoxy) is 2. The lowest BCUT2D eigenvalue weighted by Crippen LogP contribution is -2.37. The summed E-state index contributed by atoms with van der Waals surface area (Å²) in [4.78, 5) is 35.6. The van der Waals surface area contributed by atoms with Crippen molar-refractivity contribution in [1.29, 1.82) is 0 Å². The Bertz CT molecular complexity index is 1420. The SMILES string of the molecule is CC/C=C\C/C=C\C/C=C\C/C=C\CCCCCCCCCCCCCCCCCCCCCCCCC(=O)OC(COC(=O)CCCCCCC/C=C\CCCCCCC)COP(=O)(O)OCC[N+](C)(C)C. The maximum atomic E-state index is 12.8. The summed E-state index contributed by atoms with van der Waals surface area (Å²) in [6, 6.07) is 0. The minimum absolute atomic E-state index is 0.0313. The smallest absolute Gasteiger partial charge is 0.462 e. The molecule has 10 heteroatoms. The van der Waals surface area contributed by atoms with Crippen LogP contribution in [0.15, 0.2) is 60.8 Å². The molecule has 9 nitrogen and oxygen atoms in total. The number of esters is 2. The van der Waals surface area contributed by atoms with Gasteiger partial charge in [-0.15, -0.1) is 0 Å². The third-order valence-electron chi connectivity index (χ3n) is 13.3. The van der Waals surface area contributed by atoms with Crippen LogP contribution in [0.25, 0.3) is 0 Å². The molecule has 2 atom stereocenters. The van der Waals surface area contributed by atoms with Crippen molar-refractivity contribution < 1.29 is 42.1 Å². The van der Waals surface area contributed by atoms with E-state index in [0.29, 0.717) is 17.4 Å². The maximum Gasteiger partial charge on any atom is 0.472 e. The van der Waals surface area contributed by atoms with Crippen LogP contribution in [0, 0.1) is 0 Å². The van der Waals surface area contributed by atoms with Gasteiger partial charge in [0.2, 0.25) is 0 Å². The summed E-state index contributed by atoms with van der Waals surface area (Å²) in [7, 11) is 1.48.